The molecule has 0 saturated carbocycles. The van der Waals surface area contributed by atoms with Gasteiger partial charge in [-0.1, -0.05) is 77.9 Å². The van der Waals surface area contributed by atoms with Gasteiger partial charge in [0.05, 0.1) is 28.5 Å². The lowest BCUT2D eigenvalue weighted by atomic mass is 9.93. The molecule has 0 spiro atoms. The number of carbonyl (C=O) groups excluding carboxylic acids is 1. The average Bonchev–Trinajstić information content (AvgIpc) is 3.27. The number of thiazole rings is 1. The van der Waals surface area contributed by atoms with Crippen LogP contribution in [-0.2, 0) is 9.53 Å². The maximum Gasteiger partial charge on any atom is 0.338 e. The third-order valence-electron chi connectivity index (χ3n) is 6.08. The Bertz CT molecular complexity index is 1780. The summed E-state index contributed by atoms with van der Waals surface area (Å²) in [4.78, 5) is 32.5. The number of rotatable bonds is 7. The van der Waals surface area contributed by atoms with Crippen LogP contribution in [0.2, 0.25) is 0 Å². The Kier molecular flexibility index (Phi) is 7.53. The smallest absolute Gasteiger partial charge is 0.338 e. The Morgan fingerprint density at radius 2 is 1.82 bits per heavy atom. The Morgan fingerprint density at radius 1 is 1.10 bits per heavy atom. The van der Waals surface area contributed by atoms with Crippen LogP contribution in [0.3, 0.4) is 0 Å². The minimum atomic E-state index is -0.883. The van der Waals surface area contributed by atoms with Gasteiger partial charge in [0.2, 0.25) is 0 Å². The molecule has 1 unspecified atom stereocenters. The molecule has 39 heavy (non-hydrogen) atoms. The number of carbonyl (C=O) groups is 1. The first-order valence-corrected chi connectivity index (χ1v) is 13.0. The molecule has 0 fully saturated rings. The summed E-state index contributed by atoms with van der Waals surface area (Å²) in [5.74, 6) is 1.95. The molecule has 8 heteroatoms. The number of halogens is 1. The summed E-state index contributed by atoms with van der Waals surface area (Å²) in [6.45, 7) is 1.93. The fourth-order valence-corrected chi connectivity index (χ4v) is 5.38. The van der Waals surface area contributed by atoms with E-state index in [1.807, 2.05) is 48.5 Å². The van der Waals surface area contributed by atoms with Gasteiger partial charge in [-0.2, -0.15) is 0 Å². The summed E-state index contributed by atoms with van der Waals surface area (Å²) in [5.41, 5.74) is 2.16. The van der Waals surface area contributed by atoms with Crippen LogP contribution in [0.15, 0.2) is 94.2 Å². The van der Waals surface area contributed by atoms with E-state index in [0.29, 0.717) is 37.5 Å². The molecular formula is C31H23FN2O4S. The number of aromatic nitrogens is 1. The summed E-state index contributed by atoms with van der Waals surface area (Å²) in [5, 5.41) is 0. The van der Waals surface area contributed by atoms with Crippen LogP contribution in [0.1, 0.15) is 29.7 Å². The number of nitrogens with zero attached hydrogens (tertiary/aromatic N) is 2. The molecule has 1 aliphatic rings. The molecule has 4 aromatic rings. The van der Waals surface area contributed by atoms with Gasteiger partial charge in [0, 0.05) is 11.1 Å². The number of hydrogen-bond acceptors (Lipinski definition) is 6. The van der Waals surface area contributed by atoms with Gasteiger partial charge in [-0.25, -0.2) is 14.2 Å². The van der Waals surface area contributed by atoms with Crippen molar-refractivity contribution >= 4 is 29.1 Å². The fraction of sp³-hybridized carbons (Fsp3) is 0.129. The molecule has 0 aliphatic carbocycles. The first-order chi connectivity index (χ1) is 19.0. The van der Waals surface area contributed by atoms with Crippen LogP contribution in [-0.4, -0.2) is 23.8 Å². The van der Waals surface area contributed by atoms with Crippen LogP contribution in [0, 0.1) is 18.2 Å². The van der Waals surface area contributed by atoms with Gasteiger partial charge in [0.25, 0.3) is 5.56 Å². The van der Waals surface area contributed by atoms with Crippen molar-refractivity contribution < 1.29 is 18.7 Å². The van der Waals surface area contributed by atoms with Gasteiger partial charge in [-0.05, 0) is 36.8 Å². The number of esters is 1. The second-order valence-electron chi connectivity index (χ2n) is 8.51. The number of para-hydroxylation sites is 1. The summed E-state index contributed by atoms with van der Waals surface area (Å²) >= 11 is 1.19. The van der Waals surface area contributed by atoms with E-state index in [1.165, 1.54) is 28.0 Å². The predicted molar refractivity (Wildman–Crippen MR) is 148 cm³/mol. The Labute approximate surface area is 228 Å². The van der Waals surface area contributed by atoms with E-state index >= 15 is 0 Å². The fourth-order valence-electron chi connectivity index (χ4n) is 4.39. The molecule has 1 aromatic heterocycles. The second-order valence-corrected chi connectivity index (χ2v) is 9.52. The SMILES string of the molecule is C#CCOc1ccccc1/C=c1/sc2n(c1=O)C(c1ccc(F)cc1)C(C(=O)OCC)=C(c1ccccc1)N=2. The molecule has 2 heterocycles. The third-order valence-corrected chi connectivity index (χ3v) is 7.06. The van der Waals surface area contributed by atoms with Crippen molar-refractivity contribution in [3.05, 3.63) is 127 Å². The molecule has 0 radical (unpaired) electrons. The first kappa shape index (κ1) is 25.9. The molecule has 1 aliphatic heterocycles. The van der Waals surface area contributed by atoms with E-state index in [2.05, 4.69) is 5.92 Å². The highest BCUT2D eigenvalue weighted by molar-refractivity contribution is 7.07. The molecule has 0 saturated heterocycles. The van der Waals surface area contributed by atoms with Crippen LogP contribution < -0.4 is 19.6 Å². The average molecular weight is 539 g/mol. The number of ether oxygens (including phenoxy) is 2. The van der Waals surface area contributed by atoms with E-state index in [4.69, 9.17) is 20.9 Å². The Hall–Kier alpha value is -4.74. The van der Waals surface area contributed by atoms with Gasteiger partial charge in [-0.3, -0.25) is 9.36 Å². The predicted octanol–water partition coefficient (Wildman–Crippen LogP) is 4.09. The van der Waals surface area contributed by atoms with Gasteiger partial charge in [0.15, 0.2) is 4.80 Å². The Balaban J connectivity index is 1.80. The molecular weight excluding hydrogens is 515 g/mol. The quantitative estimate of drug-likeness (QED) is 0.263. The lowest BCUT2D eigenvalue weighted by Gasteiger charge is -2.25. The normalized spacial score (nSPS) is 14.8. The number of terminal acetylenes is 1. The molecule has 0 amide bonds. The molecule has 3 aromatic carbocycles. The highest BCUT2D eigenvalue weighted by Gasteiger charge is 2.35. The zero-order valence-corrected chi connectivity index (χ0v) is 21.8. The highest BCUT2D eigenvalue weighted by atomic mass is 32.1. The zero-order chi connectivity index (χ0) is 27.4. The van der Waals surface area contributed by atoms with E-state index in [1.54, 1.807) is 31.2 Å². The van der Waals surface area contributed by atoms with Crippen molar-refractivity contribution in [2.75, 3.05) is 13.2 Å². The van der Waals surface area contributed by atoms with Crippen molar-refractivity contribution in [1.29, 1.82) is 0 Å². The summed E-state index contributed by atoms with van der Waals surface area (Å²) in [7, 11) is 0. The molecule has 194 valence electrons. The van der Waals surface area contributed by atoms with Crippen molar-refractivity contribution in [3.8, 4) is 18.1 Å². The highest BCUT2D eigenvalue weighted by Crippen LogP contribution is 2.35. The maximum atomic E-state index is 13.9. The van der Waals surface area contributed by atoms with Crippen molar-refractivity contribution in [3.63, 3.8) is 0 Å². The van der Waals surface area contributed by atoms with Crippen molar-refractivity contribution in [2.24, 2.45) is 4.99 Å². The largest absolute Gasteiger partial charge is 0.480 e. The molecule has 0 bridgehead atoms. The van der Waals surface area contributed by atoms with Crippen LogP contribution in [0.4, 0.5) is 4.39 Å². The zero-order valence-electron chi connectivity index (χ0n) is 21.0. The number of fused-ring (bicyclic) bond motifs is 1. The van der Waals surface area contributed by atoms with E-state index < -0.39 is 17.8 Å². The van der Waals surface area contributed by atoms with E-state index in [0.717, 1.165) is 0 Å². The Morgan fingerprint density at radius 3 is 2.54 bits per heavy atom. The van der Waals surface area contributed by atoms with E-state index in [-0.39, 0.29) is 24.3 Å². The third kappa shape index (κ3) is 5.17. The standard InChI is InChI=1S/C31H23FN2O4S/c1-3-18-38-24-13-9-8-12-22(24)19-25-29(35)34-28(21-14-16-23(32)17-15-21)26(30(36)37-4-2)27(33-31(34)39-25)20-10-6-5-7-11-20/h1,5-17,19,28H,4,18H2,2H3/b25-19+. The molecule has 5 rings (SSSR count). The van der Waals surface area contributed by atoms with Gasteiger partial charge < -0.3 is 9.47 Å². The monoisotopic (exact) mass is 538 g/mol. The minimum absolute atomic E-state index is 0.0833. The van der Waals surface area contributed by atoms with Crippen molar-refractivity contribution in [2.45, 2.75) is 13.0 Å². The van der Waals surface area contributed by atoms with Crippen molar-refractivity contribution in [1.82, 2.24) is 4.57 Å². The summed E-state index contributed by atoms with van der Waals surface area (Å²) < 4.78 is 26.8. The summed E-state index contributed by atoms with van der Waals surface area (Å²) in [6, 6.07) is 21.3. The molecule has 6 nitrogen and oxygen atoms in total. The number of hydrogen-bond donors (Lipinski definition) is 0. The van der Waals surface area contributed by atoms with Crippen LogP contribution in [0.25, 0.3) is 11.8 Å². The van der Waals surface area contributed by atoms with Gasteiger partial charge in [0.1, 0.15) is 18.2 Å². The molecule has 0 N–H and O–H groups in total. The van der Waals surface area contributed by atoms with E-state index in [9.17, 15) is 14.0 Å². The second kappa shape index (κ2) is 11.3. The molecule has 1 atom stereocenters. The van der Waals surface area contributed by atoms with Gasteiger partial charge >= 0.3 is 5.97 Å². The maximum absolute atomic E-state index is 13.9. The number of benzene rings is 3. The lowest BCUT2D eigenvalue weighted by molar-refractivity contribution is -0.138. The summed E-state index contributed by atoms with van der Waals surface area (Å²) in [6.07, 6.45) is 7.07. The topological polar surface area (TPSA) is 69.9 Å². The lowest BCUT2D eigenvalue weighted by Crippen LogP contribution is -2.40. The first-order valence-electron chi connectivity index (χ1n) is 12.2. The minimum Gasteiger partial charge on any atom is -0.480 e. The van der Waals surface area contributed by atoms with Crippen LogP contribution >= 0.6 is 11.3 Å². The van der Waals surface area contributed by atoms with Crippen LogP contribution in [0.5, 0.6) is 5.75 Å². The van der Waals surface area contributed by atoms with Gasteiger partial charge in [-0.15, -0.1) is 6.42 Å².